The van der Waals surface area contributed by atoms with Gasteiger partial charge in [-0.15, -0.1) is 0 Å². The van der Waals surface area contributed by atoms with Crippen LogP contribution in [0.3, 0.4) is 0 Å². The Labute approximate surface area is 119 Å². The summed E-state index contributed by atoms with van der Waals surface area (Å²) in [5.74, 6) is 0.723. The van der Waals surface area contributed by atoms with Gasteiger partial charge in [0.1, 0.15) is 0 Å². The Morgan fingerprint density at radius 2 is 1.79 bits per heavy atom. The molecule has 0 saturated carbocycles. The lowest BCUT2D eigenvalue weighted by molar-refractivity contribution is 0.441. The highest BCUT2D eigenvalue weighted by atomic mass is 14.9. The molecule has 0 aromatic heterocycles. The minimum absolute atomic E-state index is 0.245. The molecule has 108 valence electrons. The van der Waals surface area contributed by atoms with Crippen LogP contribution in [0.5, 0.6) is 0 Å². The minimum atomic E-state index is 0.245. The fourth-order valence-corrected chi connectivity index (χ4v) is 2.41. The predicted molar refractivity (Wildman–Crippen MR) is 85.8 cm³/mol. The molecule has 0 aliphatic carbocycles. The molecular weight excluding hydrogens is 230 g/mol. The molecule has 0 radical (unpaired) electrons. The van der Waals surface area contributed by atoms with Gasteiger partial charge in [0, 0.05) is 6.04 Å². The van der Waals surface area contributed by atoms with Crippen LogP contribution in [0.15, 0.2) is 24.3 Å². The molecule has 0 aliphatic heterocycles. The van der Waals surface area contributed by atoms with Crippen LogP contribution in [0.25, 0.3) is 0 Å². The Morgan fingerprint density at radius 3 is 2.37 bits per heavy atom. The van der Waals surface area contributed by atoms with Crippen molar-refractivity contribution in [2.24, 2.45) is 5.92 Å². The maximum absolute atomic E-state index is 3.52. The molecular formula is C18H31N. The van der Waals surface area contributed by atoms with E-state index in [4.69, 9.17) is 0 Å². The van der Waals surface area contributed by atoms with Crippen LogP contribution in [0.1, 0.15) is 59.1 Å². The molecule has 0 fully saturated rings. The van der Waals surface area contributed by atoms with Crippen molar-refractivity contribution in [1.82, 2.24) is 5.32 Å². The van der Waals surface area contributed by atoms with Crippen molar-refractivity contribution in [3.05, 3.63) is 35.4 Å². The lowest BCUT2D eigenvalue weighted by Gasteiger charge is -2.27. The zero-order valence-electron chi connectivity index (χ0n) is 13.6. The first-order chi connectivity index (χ1) is 8.81. The fraction of sp³-hybridized carbons (Fsp3) is 0.667. The molecule has 1 nitrogen and oxygen atoms in total. The monoisotopic (exact) mass is 261 g/mol. The van der Waals surface area contributed by atoms with Crippen LogP contribution in [-0.2, 0) is 11.8 Å². The average molecular weight is 261 g/mol. The van der Waals surface area contributed by atoms with Crippen molar-refractivity contribution < 1.29 is 0 Å². The number of benzene rings is 1. The standard InChI is InChI=1S/C18H31N/c1-14(2)12-16-8-7-9-17(13-16)18(5,6)10-11-19-15(3)4/h7-9,13-15,19H,10-12H2,1-6H3. The van der Waals surface area contributed by atoms with Crippen LogP contribution >= 0.6 is 0 Å². The van der Waals surface area contributed by atoms with Gasteiger partial charge >= 0.3 is 0 Å². The first kappa shape index (κ1) is 16.2. The summed E-state index contributed by atoms with van der Waals surface area (Å²) in [6.07, 6.45) is 2.35. The normalized spacial score (nSPS) is 12.4. The van der Waals surface area contributed by atoms with E-state index in [1.54, 1.807) is 0 Å². The van der Waals surface area contributed by atoms with Crippen molar-refractivity contribution in [3.8, 4) is 0 Å². The van der Waals surface area contributed by atoms with Gasteiger partial charge in [0.2, 0.25) is 0 Å². The Bertz CT molecular complexity index is 377. The van der Waals surface area contributed by atoms with E-state index in [-0.39, 0.29) is 5.41 Å². The van der Waals surface area contributed by atoms with Crippen LogP contribution in [0, 0.1) is 5.92 Å². The summed E-state index contributed by atoms with van der Waals surface area (Å²) in [6, 6.07) is 9.72. The average Bonchev–Trinajstić information content (AvgIpc) is 2.27. The SMILES string of the molecule is CC(C)Cc1cccc(C(C)(C)CCNC(C)C)c1. The molecule has 0 spiro atoms. The molecule has 0 saturated heterocycles. The predicted octanol–water partition coefficient (Wildman–Crippen LogP) is 4.55. The van der Waals surface area contributed by atoms with E-state index >= 15 is 0 Å². The summed E-state index contributed by atoms with van der Waals surface area (Å²) < 4.78 is 0. The highest BCUT2D eigenvalue weighted by Crippen LogP contribution is 2.27. The van der Waals surface area contributed by atoms with Crippen molar-refractivity contribution in [2.45, 2.75) is 65.8 Å². The molecule has 1 aromatic carbocycles. The second-order valence-electron chi connectivity index (χ2n) is 7.04. The second-order valence-corrected chi connectivity index (χ2v) is 7.04. The topological polar surface area (TPSA) is 12.0 Å². The number of rotatable bonds is 7. The molecule has 0 unspecified atom stereocenters. The van der Waals surface area contributed by atoms with Crippen molar-refractivity contribution in [3.63, 3.8) is 0 Å². The molecule has 1 heteroatoms. The highest BCUT2D eigenvalue weighted by molar-refractivity contribution is 5.29. The number of hydrogen-bond acceptors (Lipinski definition) is 1. The van der Waals surface area contributed by atoms with Crippen molar-refractivity contribution >= 4 is 0 Å². The molecule has 0 aliphatic rings. The van der Waals surface area contributed by atoms with Gasteiger partial charge in [0.15, 0.2) is 0 Å². The number of hydrogen-bond donors (Lipinski definition) is 1. The Hall–Kier alpha value is -0.820. The lowest BCUT2D eigenvalue weighted by atomic mass is 9.80. The first-order valence-corrected chi connectivity index (χ1v) is 7.64. The third-order valence-electron chi connectivity index (χ3n) is 3.65. The van der Waals surface area contributed by atoms with Gasteiger partial charge in [-0.25, -0.2) is 0 Å². The first-order valence-electron chi connectivity index (χ1n) is 7.64. The van der Waals surface area contributed by atoms with Crippen LogP contribution in [0.2, 0.25) is 0 Å². The maximum Gasteiger partial charge on any atom is 0.00103 e. The molecule has 0 amide bonds. The van der Waals surface area contributed by atoms with Gasteiger partial charge in [-0.2, -0.15) is 0 Å². The van der Waals surface area contributed by atoms with Crippen LogP contribution in [0.4, 0.5) is 0 Å². The third kappa shape index (κ3) is 5.78. The smallest absolute Gasteiger partial charge is 0.00103 e. The largest absolute Gasteiger partial charge is 0.315 e. The van der Waals surface area contributed by atoms with E-state index in [0.29, 0.717) is 6.04 Å². The molecule has 1 rings (SSSR count). The van der Waals surface area contributed by atoms with Gasteiger partial charge < -0.3 is 5.32 Å². The van der Waals surface area contributed by atoms with Crippen molar-refractivity contribution in [2.75, 3.05) is 6.54 Å². The lowest BCUT2D eigenvalue weighted by Crippen LogP contribution is -2.29. The minimum Gasteiger partial charge on any atom is -0.315 e. The Kier molecular flexibility index (Phi) is 6.06. The summed E-state index contributed by atoms with van der Waals surface area (Å²) in [5.41, 5.74) is 3.18. The van der Waals surface area contributed by atoms with Gasteiger partial charge in [-0.05, 0) is 41.8 Å². The zero-order valence-corrected chi connectivity index (χ0v) is 13.6. The molecule has 0 heterocycles. The van der Waals surface area contributed by atoms with Crippen molar-refractivity contribution in [1.29, 1.82) is 0 Å². The summed E-state index contributed by atoms with van der Waals surface area (Å²) in [5, 5.41) is 3.52. The number of nitrogens with one attached hydrogen (secondary N) is 1. The molecule has 0 atom stereocenters. The summed E-state index contributed by atoms with van der Waals surface area (Å²) in [4.78, 5) is 0. The van der Waals surface area contributed by atoms with E-state index in [2.05, 4.69) is 71.1 Å². The van der Waals surface area contributed by atoms with E-state index in [9.17, 15) is 0 Å². The third-order valence-corrected chi connectivity index (χ3v) is 3.65. The van der Waals surface area contributed by atoms with E-state index in [1.165, 1.54) is 24.0 Å². The Balaban J connectivity index is 2.71. The molecule has 0 bridgehead atoms. The summed E-state index contributed by atoms with van der Waals surface area (Å²) in [6.45, 7) is 14.8. The maximum atomic E-state index is 3.52. The summed E-state index contributed by atoms with van der Waals surface area (Å²) >= 11 is 0. The highest BCUT2D eigenvalue weighted by Gasteiger charge is 2.20. The molecule has 1 N–H and O–H groups in total. The van der Waals surface area contributed by atoms with E-state index in [0.717, 1.165) is 12.5 Å². The quantitative estimate of drug-likeness (QED) is 0.759. The van der Waals surface area contributed by atoms with Crippen LogP contribution < -0.4 is 5.32 Å². The van der Waals surface area contributed by atoms with Gasteiger partial charge in [-0.1, -0.05) is 65.8 Å². The van der Waals surface area contributed by atoms with Crippen LogP contribution in [-0.4, -0.2) is 12.6 Å². The Morgan fingerprint density at radius 1 is 1.11 bits per heavy atom. The second kappa shape index (κ2) is 7.09. The fourth-order valence-electron chi connectivity index (χ4n) is 2.41. The van der Waals surface area contributed by atoms with Gasteiger partial charge in [0.25, 0.3) is 0 Å². The molecule has 19 heavy (non-hydrogen) atoms. The molecule has 1 aromatic rings. The summed E-state index contributed by atoms with van der Waals surface area (Å²) in [7, 11) is 0. The van der Waals surface area contributed by atoms with Gasteiger partial charge in [0.05, 0.1) is 0 Å². The zero-order chi connectivity index (χ0) is 14.5. The van der Waals surface area contributed by atoms with E-state index in [1.807, 2.05) is 0 Å². The van der Waals surface area contributed by atoms with Gasteiger partial charge in [-0.3, -0.25) is 0 Å². The van der Waals surface area contributed by atoms with E-state index < -0.39 is 0 Å².